The summed E-state index contributed by atoms with van der Waals surface area (Å²) in [5, 5.41) is 23.1. The number of carbonyl (C=O) groups is 2. The Labute approximate surface area is 297 Å². The molecule has 0 unspecified atom stereocenters. The van der Waals surface area contributed by atoms with Crippen molar-refractivity contribution in [2.24, 2.45) is 0 Å². The second-order valence-electron chi connectivity index (χ2n) is 11.6. The zero-order chi connectivity index (χ0) is 34.6. The van der Waals surface area contributed by atoms with E-state index in [1.807, 2.05) is 25.1 Å². The van der Waals surface area contributed by atoms with E-state index in [2.05, 4.69) is 41.4 Å². The smallest absolute Gasteiger partial charge is 0.301 e. The highest BCUT2D eigenvalue weighted by Gasteiger charge is 2.48. The number of hydrogen-bond acceptors (Lipinski definition) is 11. The van der Waals surface area contributed by atoms with E-state index >= 15 is 0 Å². The van der Waals surface area contributed by atoms with E-state index in [-0.39, 0.29) is 16.5 Å². The average molecular weight is 710 g/mol. The molecule has 0 bridgehead atoms. The number of aliphatic hydroxyl groups is 1. The molecule has 7 rings (SSSR count). The van der Waals surface area contributed by atoms with Gasteiger partial charge in [0.05, 0.1) is 24.8 Å². The van der Waals surface area contributed by atoms with E-state index in [0.29, 0.717) is 70.6 Å². The zero-order valence-electron chi connectivity index (χ0n) is 27.6. The summed E-state index contributed by atoms with van der Waals surface area (Å²) >= 11 is 2.72. The number of aliphatic hydroxyl groups excluding tert-OH is 1. The van der Waals surface area contributed by atoms with Gasteiger partial charge in [-0.1, -0.05) is 85.0 Å². The third-order valence-electron chi connectivity index (χ3n) is 8.43. The average Bonchev–Trinajstić information content (AvgIpc) is 3.72. The molecule has 1 amide bonds. The number of benzene rings is 4. The lowest BCUT2D eigenvalue weighted by Crippen LogP contribution is -2.29. The minimum atomic E-state index is -1.03. The molecule has 1 saturated heterocycles. The highest BCUT2D eigenvalue weighted by atomic mass is 32.2. The molecule has 3 heterocycles. The minimum absolute atomic E-state index is 0.0889. The van der Waals surface area contributed by atoms with Gasteiger partial charge in [-0.25, -0.2) is 0 Å². The summed E-state index contributed by atoms with van der Waals surface area (Å²) < 4.78 is 24.0. The molecule has 1 aromatic heterocycles. The number of amides is 1. The Morgan fingerprint density at radius 2 is 1.76 bits per heavy atom. The fourth-order valence-electron chi connectivity index (χ4n) is 6.02. The second-order valence-corrected chi connectivity index (χ2v) is 13.8. The lowest BCUT2D eigenvalue weighted by Gasteiger charge is -2.24. The highest BCUT2D eigenvalue weighted by Crippen LogP contribution is 2.46. The van der Waals surface area contributed by atoms with Gasteiger partial charge in [-0.2, -0.15) is 0 Å². The first kappa shape index (κ1) is 33.4. The van der Waals surface area contributed by atoms with Crippen molar-refractivity contribution in [2.45, 2.75) is 42.8 Å². The van der Waals surface area contributed by atoms with Crippen LogP contribution in [0.25, 0.3) is 16.5 Å². The summed E-state index contributed by atoms with van der Waals surface area (Å²) in [5.41, 5.74) is 1.91. The normalized spacial score (nSPS) is 16.6. The summed E-state index contributed by atoms with van der Waals surface area (Å²) in [6.45, 7) is 5.61. The molecule has 2 aliphatic rings. The number of aromatic nitrogens is 2. The molecule has 12 heteroatoms. The maximum Gasteiger partial charge on any atom is 0.301 e. The van der Waals surface area contributed by atoms with Crippen molar-refractivity contribution in [1.82, 2.24) is 10.2 Å². The Morgan fingerprint density at radius 1 is 0.940 bits per heavy atom. The Hall–Kier alpha value is -5.07. The second kappa shape index (κ2) is 14.8. The number of Topliss-reactive ketones (excluding diaryl/α,β-unsaturated/α-hetero) is 1. The third kappa shape index (κ3) is 6.60. The standard InChI is InChI=1S/C38H35N3O7S2/c1-3-5-17-46-28-15-13-24(20-30(28)45-4-2)33-32(34(42)25-14-16-29-31(21-25)48-19-18-47-29)35(43)36(44)41(33)37-39-40-38(50-37)49-22-26-11-8-10-23-9-6-7-12-27(23)26/h6-16,20-21,33,42H,3-5,17-19,22H2,1-2H3/b34-32+/t33-/m1/s1. The fourth-order valence-corrected chi connectivity index (χ4v) is 7.89. The van der Waals surface area contributed by atoms with Gasteiger partial charge < -0.3 is 24.1 Å². The molecule has 10 nitrogen and oxygen atoms in total. The molecule has 0 radical (unpaired) electrons. The molecule has 50 heavy (non-hydrogen) atoms. The van der Waals surface area contributed by atoms with Gasteiger partial charge in [0, 0.05) is 11.3 Å². The molecular weight excluding hydrogens is 675 g/mol. The largest absolute Gasteiger partial charge is 0.507 e. The van der Waals surface area contributed by atoms with Gasteiger partial charge in [0.15, 0.2) is 27.3 Å². The van der Waals surface area contributed by atoms with Crippen LogP contribution in [0, 0.1) is 0 Å². The number of ether oxygens (including phenoxy) is 4. The molecule has 256 valence electrons. The zero-order valence-corrected chi connectivity index (χ0v) is 29.2. The molecule has 4 aromatic carbocycles. The predicted molar refractivity (Wildman–Crippen MR) is 194 cm³/mol. The maximum atomic E-state index is 13.9. The summed E-state index contributed by atoms with van der Waals surface area (Å²) in [6, 6.07) is 23.6. The van der Waals surface area contributed by atoms with Gasteiger partial charge in [-0.15, -0.1) is 10.2 Å². The van der Waals surface area contributed by atoms with E-state index in [1.165, 1.54) is 28.0 Å². The summed E-state index contributed by atoms with van der Waals surface area (Å²) in [6.07, 6.45) is 1.85. The van der Waals surface area contributed by atoms with Crippen molar-refractivity contribution in [3.8, 4) is 23.0 Å². The van der Waals surface area contributed by atoms with Crippen LogP contribution in [0.2, 0.25) is 0 Å². The topological polar surface area (TPSA) is 120 Å². The lowest BCUT2D eigenvalue weighted by molar-refractivity contribution is -0.132. The van der Waals surface area contributed by atoms with Gasteiger partial charge in [0.2, 0.25) is 5.13 Å². The molecular formula is C38H35N3O7S2. The Morgan fingerprint density at radius 3 is 2.60 bits per heavy atom. The quantitative estimate of drug-likeness (QED) is 0.0341. The van der Waals surface area contributed by atoms with Crippen molar-refractivity contribution in [3.05, 3.63) is 101 Å². The number of unbranched alkanes of at least 4 members (excludes halogenated alkanes) is 1. The number of nitrogens with zero attached hydrogens (tertiary/aromatic N) is 3. The first-order chi connectivity index (χ1) is 24.5. The number of fused-ring (bicyclic) bond motifs is 2. The van der Waals surface area contributed by atoms with Crippen LogP contribution in [0.15, 0.2) is 88.8 Å². The van der Waals surface area contributed by atoms with Gasteiger partial charge >= 0.3 is 5.91 Å². The molecule has 0 spiro atoms. The molecule has 1 N–H and O–H groups in total. The van der Waals surface area contributed by atoms with Crippen LogP contribution in [0.4, 0.5) is 5.13 Å². The van der Waals surface area contributed by atoms with Crippen molar-refractivity contribution >= 4 is 56.5 Å². The van der Waals surface area contributed by atoms with Crippen LogP contribution >= 0.6 is 23.1 Å². The molecule has 5 aromatic rings. The Balaban J connectivity index is 1.28. The minimum Gasteiger partial charge on any atom is -0.507 e. The van der Waals surface area contributed by atoms with E-state index in [0.717, 1.165) is 29.2 Å². The Bertz CT molecular complexity index is 2090. The lowest BCUT2D eigenvalue weighted by atomic mass is 9.95. The molecule has 0 aliphatic carbocycles. The van der Waals surface area contributed by atoms with Crippen molar-refractivity contribution in [2.75, 3.05) is 31.3 Å². The van der Waals surface area contributed by atoms with Crippen molar-refractivity contribution in [3.63, 3.8) is 0 Å². The van der Waals surface area contributed by atoms with Gasteiger partial charge in [0.25, 0.3) is 5.78 Å². The summed E-state index contributed by atoms with van der Waals surface area (Å²) in [5.74, 6) is 0.623. The van der Waals surface area contributed by atoms with E-state index in [4.69, 9.17) is 18.9 Å². The number of carbonyl (C=O) groups excluding carboxylic acids is 2. The molecule has 1 atom stereocenters. The number of rotatable bonds is 12. The number of anilines is 1. The van der Waals surface area contributed by atoms with E-state index < -0.39 is 17.7 Å². The Kier molecular flexibility index (Phi) is 9.90. The number of hydrogen-bond donors (Lipinski definition) is 1. The van der Waals surface area contributed by atoms with Crippen LogP contribution in [-0.2, 0) is 15.3 Å². The first-order valence-electron chi connectivity index (χ1n) is 16.5. The van der Waals surface area contributed by atoms with Gasteiger partial charge in [-0.05, 0) is 65.6 Å². The summed E-state index contributed by atoms with van der Waals surface area (Å²) in [4.78, 5) is 29.1. The first-order valence-corrected chi connectivity index (χ1v) is 18.3. The SMILES string of the molecule is CCCCOc1ccc([C@@H]2/C(=C(\O)c3ccc4c(c3)OCCO4)C(=O)C(=O)N2c2nnc(SCc3cccc4ccccc34)s2)cc1OCC. The number of ketones is 1. The third-order valence-corrected chi connectivity index (χ3v) is 10.5. The van der Waals surface area contributed by atoms with E-state index in [9.17, 15) is 14.7 Å². The summed E-state index contributed by atoms with van der Waals surface area (Å²) in [7, 11) is 0. The van der Waals surface area contributed by atoms with E-state index in [1.54, 1.807) is 36.4 Å². The van der Waals surface area contributed by atoms with Crippen molar-refractivity contribution < 1.29 is 33.6 Å². The predicted octanol–water partition coefficient (Wildman–Crippen LogP) is 7.96. The van der Waals surface area contributed by atoms with Gasteiger partial charge in [0.1, 0.15) is 19.0 Å². The van der Waals surface area contributed by atoms with Crippen LogP contribution in [0.1, 0.15) is 49.4 Å². The molecule has 0 saturated carbocycles. The number of thioether (sulfide) groups is 1. The van der Waals surface area contributed by atoms with Crippen LogP contribution in [0.5, 0.6) is 23.0 Å². The van der Waals surface area contributed by atoms with Crippen LogP contribution in [0.3, 0.4) is 0 Å². The fraction of sp³-hybridized carbons (Fsp3) is 0.263. The van der Waals surface area contributed by atoms with Crippen LogP contribution < -0.4 is 23.8 Å². The highest BCUT2D eigenvalue weighted by molar-refractivity contribution is 8.00. The van der Waals surface area contributed by atoms with Gasteiger partial charge in [-0.3, -0.25) is 14.5 Å². The maximum absolute atomic E-state index is 13.9. The van der Waals surface area contributed by atoms with Crippen LogP contribution in [-0.4, -0.2) is 53.4 Å². The monoisotopic (exact) mass is 709 g/mol. The van der Waals surface area contributed by atoms with Crippen molar-refractivity contribution in [1.29, 1.82) is 0 Å². The molecule has 1 fully saturated rings. The molecule has 2 aliphatic heterocycles.